The van der Waals surface area contributed by atoms with E-state index in [1.807, 2.05) is 0 Å². The third kappa shape index (κ3) is 2.94. The zero-order valence-corrected chi connectivity index (χ0v) is 11.8. The van der Waals surface area contributed by atoms with Crippen LogP contribution in [0.3, 0.4) is 0 Å². The number of amides is 1. The van der Waals surface area contributed by atoms with Crippen LogP contribution in [-0.4, -0.2) is 36.3 Å². The van der Waals surface area contributed by atoms with Crippen LogP contribution in [0.25, 0.3) is 0 Å². The summed E-state index contributed by atoms with van der Waals surface area (Å²) in [6.45, 7) is -0.360. The molecule has 1 saturated carbocycles. The lowest BCUT2D eigenvalue weighted by molar-refractivity contribution is -0.118. The van der Waals surface area contributed by atoms with E-state index in [9.17, 15) is 18.3 Å². The highest BCUT2D eigenvalue weighted by atomic mass is 32.2. The summed E-state index contributed by atoms with van der Waals surface area (Å²) in [5, 5.41) is 9.75. The number of para-hydroxylation sites is 1. The molecule has 0 heterocycles. The van der Waals surface area contributed by atoms with Gasteiger partial charge < -0.3 is 10.8 Å². The number of phenolic OH excluding ortho intramolecular Hbond substituents is 1. The summed E-state index contributed by atoms with van der Waals surface area (Å²) in [5.74, 6) is -1.02. The molecule has 0 radical (unpaired) electrons. The van der Waals surface area contributed by atoms with Gasteiger partial charge in [-0.15, -0.1) is 0 Å². The Balaban J connectivity index is 2.41. The molecule has 1 aliphatic rings. The van der Waals surface area contributed by atoms with Gasteiger partial charge in [-0.05, 0) is 25.0 Å². The lowest BCUT2D eigenvalue weighted by Gasteiger charge is -2.27. The standard InChI is InChI=1S/C13H18N2O4S/c14-13(17)9-15(10-5-1-2-6-10)20(18,19)12-8-4-3-7-11(12)16/h3-4,7-8,10,16H,1-2,5-6,9H2,(H2,14,17). The number of hydrogen-bond acceptors (Lipinski definition) is 4. The van der Waals surface area contributed by atoms with Gasteiger partial charge in [0.05, 0.1) is 6.54 Å². The minimum Gasteiger partial charge on any atom is -0.507 e. The summed E-state index contributed by atoms with van der Waals surface area (Å²) in [4.78, 5) is 11.0. The van der Waals surface area contributed by atoms with Crippen molar-refractivity contribution in [3.05, 3.63) is 24.3 Å². The maximum absolute atomic E-state index is 12.6. The molecule has 0 aliphatic heterocycles. The van der Waals surface area contributed by atoms with Crippen LogP contribution in [0.1, 0.15) is 25.7 Å². The van der Waals surface area contributed by atoms with Crippen LogP contribution < -0.4 is 5.73 Å². The van der Waals surface area contributed by atoms with Crippen LogP contribution >= 0.6 is 0 Å². The second-order valence-electron chi connectivity index (χ2n) is 4.92. The molecule has 6 nitrogen and oxygen atoms in total. The molecule has 0 atom stereocenters. The Hall–Kier alpha value is -1.60. The number of carbonyl (C=O) groups excluding carboxylic acids is 1. The number of hydrogen-bond donors (Lipinski definition) is 2. The summed E-state index contributed by atoms with van der Waals surface area (Å²) >= 11 is 0. The average molecular weight is 298 g/mol. The molecule has 0 aromatic heterocycles. The van der Waals surface area contributed by atoms with Gasteiger partial charge in [-0.1, -0.05) is 25.0 Å². The van der Waals surface area contributed by atoms with Gasteiger partial charge in [0.1, 0.15) is 10.6 Å². The van der Waals surface area contributed by atoms with E-state index in [0.29, 0.717) is 12.8 Å². The van der Waals surface area contributed by atoms with Crippen LogP contribution in [0.5, 0.6) is 5.75 Å². The number of nitrogens with two attached hydrogens (primary N) is 1. The van der Waals surface area contributed by atoms with Crippen molar-refractivity contribution in [3.8, 4) is 5.75 Å². The zero-order chi connectivity index (χ0) is 14.8. The van der Waals surface area contributed by atoms with Gasteiger partial charge in [-0.2, -0.15) is 4.31 Å². The fourth-order valence-electron chi connectivity index (χ4n) is 2.56. The largest absolute Gasteiger partial charge is 0.507 e. The smallest absolute Gasteiger partial charge is 0.247 e. The maximum Gasteiger partial charge on any atom is 0.247 e. The molecule has 1 aliphatic carbocycles. The molecule has 0 saturated heterocycles. The highest BCUT2D eigenvalue weighted by molar-refractivity contribution is 7.89. The normalized spacial score (nSPS) is 16.6. The average Bonchev–Trinajstić information content (AvgIpc) is 2.89. The Labute approximate surface area is 118 Å². The highest BCUT2D eigenvalue weighted by Gasteiger charge is 2.35. The van der Waals surface area contributed by atoms with Gasteiger partial charge in [0.2, 0.25) is 15.9 Å². The highest BCUT2D eigenvalue weighted by Crippen LogP contribution is 2.31. The van der Waals surface area contributed by atoms with Crippen molar-refractivity contribution < 1.29 is 18.3 Å². The van der Waals surface area contributed by atoms with E-state index in [4.69, 9.17) is 5.73 Å². The van der Waals surface area contributed by atoms with Crippen molar-refractivity contribution in [2.75, 3.05) is 6.54 Å². The number of aromatic hydroxyl groups is 1. The predicted octanol–water partition coefficient (Wildman–Crippen LogP) is 0.811. The molecule has 1 aromatic carbocycles. The fraction of sp³-hybridized carbons (Fsp3) is 0.462. The molecule has 1 aromatic rings. The van der Waals surface area contributed by atoms with Crippen molar-refractivity contribution in [2.24, 2.45) is 5.73 Å². The number of benzene rings is 1. The minimum absolute atomic E-state index is 0.187. The van der Waals surface area contributed by atoms with E-state index in [1.165, 1.54) is 18.2 Å². The molecule has 0 bridgehead atoms. The van der Waals surface area contributed by atoms with E-state index in [1.54, 1.807) is 6.07 Å². The summed E-state index contributed by atoms with van der Waals surface area (Å²) in [6.07, 6.45) is 3.27. The molecular formula is C13H18N2O4S. The Morgan fingerprint density at radius 2 is 1.90 bits per heavy atom. The van der Waals surface area contributed by atoms with E-state index >= 15 is 0 Å². The van der Waals surface area contributed by atoms with Gasteiger partial charge in [-0.25, -0.2) is 8.42 Å². The van der Waals surface area contributed by atoms with Gasteiger partial charge in [0.25, 0.3) is 0 Å². The first-order valence-electron chi connectivity index (χ1n) is 6.51. The molecule has 1 amide bonds. The molecule has 20 heavy (non-hydrogen) atoms. The van der Waals surface area contributed by atoms with Crippen LogP contribution in [0, 0.1) is 0 Å². The molecule has 1 fully saturated rings. The van der Waals surface area contributed by atoms with Crippen LogP contribution in [0.4, 0.5) is 0 Å². The summed E-state index contributed by atoms with van der Waals surface area (Å²) in [7, 11) is -3.93. The first kappa shape index (κ1) is 14.8. The van der Waals surface area contributed by atoms with Crippen molar-refractivity contribution in [2.45, 2.75) is 36.6 Å². The minimum atomic E-state index is -3.93. The monoisotopic (exact) mass is 298 g/mol. The molecule has 0 unspecified atom stereocenters. The number of phenols is 1. The molecule has 2 rings (SSSR count). The van der Waals surface area contributed by atoms with Crippen LogP contribution in [0.15, 0.2) is 29.2 Å². The zero-order valence-electron chi connectivity index (χ0n) is 11.0. The van der Waals surface area contributed by atoms with E-state index in [-0.39, 0.29) is 23.2 Å². The van der Waals surface area contributed by atoms with E-state index < -0.39 is 15.9 Å². The number of rotatable bonds is 5. The number of carbonyl (C=O) groups is 1. The maximum atomic E-state index is 12.6. The van der Waals surface area contributed by atoms with Crippen molar-refractivity contribution in [1.29, 1.82) is 0 Å². The Kier molecular flexibility index (Phi) is 4.29. The van der Waals surface area contributed by atoms with E-state index in [0.717, 1.165) is 17.1 Å². The lowest BCUT2D eigenvalue weighted by atomic mass is 10.2. The van der Waals surface area contributed by atoms with Crippen LogP contribution in [-0.2, 0) is 14.8 Å². The topological polar surface area (TPSA) is 101 Å². The second kappa shape index (κ2) is 5.80. The molecule has 0 spiro atoms. The Morgan fingerprint density at radius 3 is 2.45 bits per heavy atom. The fourth-order valence-corrected chi connectivity index (χ4v) is 4.29. The van der Waals surface area contributed by atoms with Crippen molar-refractivity contribution >= 4 is 15.9 Å². The third-order valence-corrected chi connectivity index (χ3v) is 5.44. The number of nitrogens with zero attached hydrogens (tertiary/aromatic N) is 1. The SMILES string of the molecule is NC(=O)CN(C1CCCC1)S(=O)(=O)c1ccccc1O. The Morgan fingerprint density at radius 1 is 1.30 bits per heavy atom. The van der Waals surface area contributed by atoms with E-state index in [2.05, 4.69) is 0 Å². The first-order valence-corrected chi connectivity index (χ1v) is 7.95. The second-order valence-corrected chi connectivity index (χ2v) is 6.78. The van der Waals surface area contributed by atoms with Crippen molar-refractivity contribution in [3.63, 3.8) is 0 Å². The summed E-state index contributed by atoms with van der Waals surface area (Å²) in [6, 6.07) is 5.48. The van der Waals surface area contributed by atoms with Gasteiger partial charge in [-0.3, -0.25) is 4.79 Å². The third-order valence-electron chi connectivity index (χ3n) is 3.50. The Bertz CT molecular complexity index is 594. The molecule has 110 valence electrons. The predicted molar refractivity (Wildman–Crippen MR) is 73.4 cm³/mol. The number of sulfonamides is 1. The van der Waals surface area contributed by atoms with Crippen molar-refractivity contribution in [1.82, 2.24) is 4.31 Å². The summed E-state index contributed by atoms with van der Waals surface area (Å²) < 4.78 is 26.4. The van der Waals surface area contributed by atoms with Crippen LogP contribution in [0.2, 0.25) is 0 Å². The quantitative estimate of drug-likeness (QED) is 0.840. The molecule has 7 heteroatoms. The number of primary amides is 1. The molecular weight excluding hydrogens is 280 g/mol. The van der Waals surface area contributed by atoms with Gasteiger partial charge >= 0.3 is 0 Å². The molecule has 3 N–H and O–H groups in total. The van der Waals surface area contributed by atoms with Gasteiger partial charge in [0, 0.05) is 6.04 Å². The first-order chi connectivity index (χ1) is 9.43. The summed E-state index contributed by atoms with van der Waals surface area (Å²) in [5.41, 5.74) is 5.17. The lowest BCUT2D eigenvalue weighted by Crippen LogP contribution is -2.44. The van der Waals surface area contributed by atoms with Gasteiger partial charge in [0.15, 0.2) is 0 Å².